The minimum absolute atomic E-state index is 0.0299. The molecule has 0 bridgehead atoms. The number of fused-ring (bicyclic) bond motifs is 1. The number of amides is 1. The number of rotatable bonds is 5. The zero-order valence-corrected chi connectivity index (χ0v) is 17.1. The molecule has 2 aromatic carbocycles. The first-order valence-corrected chi connectivity index (χ1v) is 9.93. The number of hydrogen-bond donors (Lipinski definition) is 1. The van der Waals surface area contributed by atoms with Gasteiger partial charge in [0.25, 0.3) is 5.91 Å². The molecule has 0 fully saturated rings. The highest BCUT2D eigenvalue weighted by Gasteiger charge is 2.20. The van der Waals surface area contributed by atoms with E-state index in [0.29, 0.717) is 0 Å². The van der Waals surface area contributed by atoms with Crippen LogP contribution in [0.25, 0.3) is 0 Å². The van der Waals surface area contributed by atoms with Gasteiger partial charge in [-0.15, -0.1) is 0 Å². The van der Waals surface area contributed by atoms with Crippen LogP contribution in [0.15, 0.2) is 42.5 Å². The van der Waals surface area contributed by atoms with E-state index in [-0.39, 0.29) is 17.4 Å². The van der Waals surface area contributed by atoms with E-state index in [0.717, 1.165) is 17.7 Å². The lowest BCUT2D eigenvalue weighted by molar-refractivity contribution is -0.127. The predicted octanol–water partition coefficient (Wildman–Crippen LogP) is 5.12. The molecule has 0 spiro atoms. The summed E-state index contributed by atoms with van der Waals surface area (Å²) in [5.41, 5.74) is 5.39. The molecule has 2 unspecified atom stereocenters. The Bertz CT molecular complexity index is 802. The summed E-state index contributed by atoms with van der Waals surface area (Å²) in [6, 6.07) is 14.5. The molecule has 2 aromatic rings. The monoisotopic (exact) mass is 365 g/mol. The van der Waals surface area contributed by atoms with E-state index in [1.807, 2.05) is 19.1 Å². The van der Waals surface area contributed by atoms with Gasteiger partial charge in [0.15, 0.2) is 6.10 Å². The molecule has 3 nitrogen and oxygen atoms in total. The number of ether oxygens (including phenoxy) is 1. The van der Waals surface area contributed by atoms with Crippen molar-refractivity contribution in [2.24, 2.45) is 0 Å². The average molecular weight is 366 g/mol. The molecule has 1 aliphatic carbocycles. The fourth-order valence-corrected chi connectivity index (χ4v) is 3.57. The molecule has 3 rings (SSSR count). The van der Waals surface area contributed by atoms with Gasteiger partial charge < -0.3 is 10.1 Å². The third-order valence-corrected chi connectivity index (χ3v) is 5.38. The summed E-state index contributed by atoms with van der Waals surface area (Å²) < 4.78 is 5.84. The van der Waals surface area contributed by atoms with Gasteiger partial charge in [0, 0.05) is 0 Å². The number of hydrogen-bond acceptors (Lipinski definition) is 2. The predicted molar refractivity (Wildman–Crippen MR) is 110 cm³/mol. The van der Waals surface area contributed by atoms with E-state index in [9.17, 15) is 4.79 Å². The van der Waals surface area contributed by atoms with Crippen LogP contribution in [0.2, 0.25) is 0 Å². The Balaban J connectivity index is 1.58. The fourth-order valence-electron chi connectivity index (χ4n) is 3.57. The summed E-state index contributed by atoms with van der Waals surface area (Å²) >= 11 is 0. The molecule has 1 amide bonds. The van der Waals surface area contributed by atoms with E-state index >= 15 is 0 Å². The molecule has 0 heterocycles. The minimum atomic E-state index is -0.539. The Hall–Kier alpha value is -2.29. The van der Waals surface area contributed by atoms with E-state index in [1.165, 1.54) is 29.5 Å². The van der Waals surface area contributed by atoms with Crippen molar-refractivity contribution in [1.82, 2.24) is 5.32 Å². The van der Waals surface area contributed by atoms with E-state index in [1.54, 1.807) is 6.92 Å². The largest absolute Gasteiger partial charge is 0.481 e. The van der Waals surface area contributed by atoms with Crippen LogP contribution in [-0.4, -0.2) is 12.0 Å². The average Bonchev–Trinajstić information content (AvgIpc) is 3.09. The second-order valence-corrected chi connectivity index (χ2v) is 8.65. The van der Waals surface area contributed by atoms with Crippen molar-refractivity contribution >= 4 is 5.91 Å². The maximum atomic E-state index is 12.6. The van der Waals surface area contributed by atoms with Gasteiger partial charge in [0.2, 0.25) is 0 Å². The van der Waals surface area contributed by atoms with Crippen molar-refractivity contribution in [3.63, 3.8) is 0 Å². The number of nitrogens with one attached hydrogen (secondary N) is 1. The van der Waals surface area contributed by atoms with Gasteiger partial charge in [-0.05, 0) is 72.9 Å². The number of aryl methyl sites for hydroxylation is 2. The first kappa shape index (κ1) is 19.5. The first-order valence-electron chi connectivity index (χ1n) is 9.93. The molecule has 1 aliphatic rings. The Morgan fingerprint density at radius 1 is 1.00 bits per heavy atom. The van der Waals surface area contributed by atoms with Crippen LogP contribution in [0.3, 0.4) is 0 Å². The third kappa shape index (κ3) is 4.71. The highest BCUT2D eigenvalue weighted by molar-refractivity contribution is 5.81. The van der Waals surface area contributed by atoms with Gasteiger partial charge in [-0.2, -0.15) is 0 Å². The quantitative estimate of drug-likeness (QED) is 0.799. The van der Waals surface area contributed by atoms with Crippen molar-refractivity contribution in [3.05, 3.63) is 64.7 Å². The molecule has 3 heteroatoms. The third-order valence-electron chi connectivity index (χ3n) is 5.38. The molecule has 2 atom stereocenters. The molecule has 0 aliphatic heterocycles. The summed E-state index contributed by atoms with van der Waals surface area (Å²) in [7, 11) is 0. The number of carbonyl (C=O) groups excluding carboxylic acids is 1. The van der Waals surface area contributed by atoms with Gasteiger partial charge in [-0.3, -0.25) is 4.79 Å². The lowest BCUT2D eigenvalue weighted by Gasteiger charge is -2.21. The molecular formula is C24H31NO2. The van der Waals surface area contributed by atoms with Gasteiger partial charge in [-0.25, -0.2) is 0 Å². The zero-order valence-electron chi connectivity index (χ0n) is 17.1. The van der Waals surface area contributed by atoms with Crippen molar-refractivity contribution in [2.75, 3.05) is 0 Å². The standard InChI is InChI=1S/C24H31NO2/c1-16(19-10-9-18-7-6-8-20(18)15-19)25-23(26)17(2)27-22-13-11-21(12-14-22)24(3,4)5/h9-17H,6-8H2,1-5H3,(H,25,26). The van der Waals surface area contributed by atoms with E-state index < -0.39 is 6.10 Å². The molecule has 0 saturated heterocycles. The van der Waals surface area contributed by atoms with E-state index in [4.69, 9.17) is 4.74 Å². The van der Waals surface area contributed by atoms with Crippen molar-refractivity contribution < 1.29 is 9.53 Å². The van der Waals surface area contributed by atoms with Crippen LogP contribution in [-0.2, 0) is 23.1 Å². The lowest BCUT2D eigenvalue weighted by atomic mass is 9.87. The topological polar surface area (TPSA) is 38.3 Å². The molecule has 0 radical (unpaired) electrons. The summed E-state index contributed by atoms with van der Waals surface area (Å²) in [4.78, 5) is 12.6. The van der Waals surface area contributed by atoms with Crippen molar-refractivity contribution in [3.8, 4) is 5.75 Å². The van der Waals surface area contributed by atoms with E-state index in [2.05, 4.69) is 56.4 Å². The first-order chi connectivity index (χ1) is 12.7. The summed E-state index contributed by atoms with van der Waals surface area (Å²) in [6.45, 7) is 10.4. The molecule has 0 saturated carbocycles. The number of carbonyl (C=O) groups is 1. The van der Waals surface area contributed by atoms with Crippen LogP contribution >= 0.6 is 0 Å². The van der Waals surface area contributed by atoms with Crippen molar-refractivity contribution in [1.29, 1.82) is 0 Å². The molecule has 1 N–H and O–H groups in total. The summed E-state index contributed by atoms with van der Waals surface area (Å²) in [5, 5.41) is 3.08. The highest BCUT2D eigenvalue weighted by atomic mass is 16.5. The van der Waals surface area contributed by atoms with Gasteiger partial charge >= 0.3 is 0 Å². The maximum absolute atomic E-state index is 12.6. The SMILES string of the molecule is CC(Oc1ccc(C(C)(C)C)cc1)C(=O)NC(C)c1ccc2c(c1)CCC2. The maximum Gasteiger partial charge on any atom is 0.261 e. The Morgan fingerprint density at radius 3 is 2.33 bits per heavy atom. The highest BCUT2D eigenvalue weighted by Crippen LogP contribution is 2.26. The zero-order chi connectivity index (χ0) is 19.6. The lowest BCUT2D eigenvalue weighted by Crippen LogP contribution is -2.37. The molecule has 27 heavy (non-hydrogen) atoms. The van der Waals surface area contributed by atoms with Crippen molar-refractivity contribution in [2.45, 2.75) is 71.4 Å². The van der Waals surface area contributed by atoms with Crippen LogP contribution < -0.4 is 10.1 Å². The summed E-state index contributed by atoms with van der Waals surface area (Å²) in [6.07, 6.45) is 3.02. The Labute approximate surface area is 163 Å². The normalized spacial score (nSPS) is 15.7. The van der Waals surface area contributed by atoms with Crippen LogP contribution in [0, 0.1) is 0 Å². The second-order valence-electron chi connectivity index (χ2n) is 8.65. The fraction of sp³-hybridized carbons (Fsp3) is 0.458. The van der Waals surface area contributed by atoms with Crippen LogP contribution in [0.5, 0.6) is 5.75 Å². The van der Waals surface area contributed by atoms with Gasteiger partial charge in [0.05, 0.1) is 6.04 Å². The minimum Gasteiger partial charge on any atom is -0.481 e. The summed E-state index contributed by atoms with van der Waals surface area (Å²) in [5.74, 6) is 0.624. The molecule has 144 valence electrons. The van der Waals surface area contributed by atoms with Gasteiger partial charge in [0.1, 0.15) is 5.75 Å². The van der Waals surface area contributed by atoms with Gasteiger partial charge in [-0.1, -0.05) is 51.1 Å². The molecule has 0 aromatic heterocycles. The Kier molecular flexibility index (Phi) is 5.59. The van der Waals surface area contributed by atoms with Crippen LogP contribution in [0.4, 0.5) is 0 Å². The molecular weight excluding hydrogens is 334 g/mol. The number of benzene rings is 2. The second kappa shape index (κ2) is 7.75. The Morgan fingerprint density at radius 2 is 1.67 bits per heavy atom. The van der Waals surface area contributed by atoms with Crippen LogP contribution in [0.1, 0.15) is 69.3 Å². The smallest absolute Gasteiger partial charge is 0.261 e.